The van der Waals surface area contributed by atoms with E-state index in [2.05, 4.69) is 20.6 Å². The zero-order valence-electron chi connectivity index (χ0n) is 14.1. The Kier molecular flexibility index (Phi) is 5.02. The molecule has 2 aromatic carbocycles. The van der Waals surface area contributed by atoms with E-state index < -0.39 is 4.92 Å². The predicted octanol–water partition coefficient (Wildman–Crippen LogP) is 2.90. The van der Waals surface area contributed by atoms with Crippen LogP contribution in [0.1, 0.15) is 23.0 Å². The van der Waals surface area contributed by atoms with Gasteiger partial charge in [0.25, 0.3) is 11.6 Å². The van der Waals surface area contributed by atoms with Crippen LogP contribution in [0.15, 0.2) is 48.7 Å². The molecule has 0 saturated heterocycles. The van der Waals surface area contributed by atoms with Crippen LogP contribution in [0.2, 0.25) is 0 Å². The second-order valence-corrected chi connectivity index (χ2v) is 5.58. The molecule has 0 aliphatic rings. The van der Waals surface area contributed by atoms with Crippen LogP contribution in [0.25, 0.3) is 11.0 Å². The van der Waals surface area contributed by atoms with Gasteiger partial charge in [0.15, 0.2) is 0 Å². The molecule has 132 valence electrons. The zero-order valence-corrected chi connectivity index (χ0v) is 14.1. The molecule has 1 heterocycles. The highest BCUT2D eigenvalue weighted by molar-refractivity contribution is 5.94. The highest BCUT2D eigenvalue weighted by Gasteiger charge is 2.08. The van der Waals surface area contributed by atoms with Gasteiger partial charge in [0.1, 0.15) is 0 Å². The van der Waals surface area contributed by atoms with Gasteiger partial charge in [0, 0.05) is 29.9 Å². The number of carbonyl (C=O) groups excluding carboxylic acids is 1. The molecule has 0 aliphatic carbocycles. The van der Waals surface area contributed by atoms with E-state index in [0.29, 0.717) is 35.4 Å². The summed E-state index contributed by atoms with van der Waals surface area (Å²) in [6.45, 7) is 2.90. The lowest BCUT2D eigenvalue weighted by molar-refractivity contribution is -0.384. The van der Waals surface area contributed by atoms with Gasteiger partial charge in [-0.2, -0.15) is 0 Å². The Labute approximate surface area is 149 Å². The van der Waals surface area contributed by atoms with Crippen molar-refractivity contribution < 1.29 is 9.72 Å². The third-order valence-corrected chi connectivity index (χ3v) is 3.74. The molecule has 0 saturated carbocycles. The van der Waals surface area contributed by atoms with Crippen LogP contribution in [0.3, 0.4) is 0 Å². The van der Waals surface area contributed by atoms with E-state index in [1.165, 1.54) is 12.1 Å². The minimum atomic E-state index is -0.457. The van der Waals surface area contributed by atoms with Crippen LogP contribution < -0.4 is 10.6 Å². The first-order valence-electron chi connectivity index (χ1n) is 8.09. The third-order valence-electron chi connectivity index (χ3n) is 3.74. The Hall–Kier alpha value is -3.55. The van der Waals surface area contributed by atoms with Gasteiger partial charge in [-0.1, -0.05) is 0 Å². The van der Waals surface area contributed by atoms with E-state index in [0.717, 1.165) is 5.69 Å². The smallest absolute Gasteiger partial charge is 0.271 e. The van der Waals surface area contributed by atoms with E-state index in [1.54, 1.807) is 24.4 Å². The summed E-state index contributed by atoms with van der Waals surface area (Å²) < 4.78 is 0. The molecule has 0 unspecified atom stereocenters. The highest BCUT2D eigenvalue weighted by atomic mass is 16.6. The first-order chi connectivity index (χ1) is 12.6. The molecule has 8 nitrogen and oxygen atoms in total. The van der Waals surface area contributed by atoms with E-state index in [9.17, 15) is 14.9 Å². The molecule has 0 spiro atoms. The number of nitrogens with zero attached hydrogens (tertiary/aromatic N) is 3. The maximum absolute atomic E-state index is 11.7. The molecule has 26 heavy (non-hydrogen) atoms. The molecule has 2 N–H and O–H groups in total. The highest BCUT2D eigenvalue weighted by Crippen LogP contribution is 2.18. The molecule has 3 rings (SSSR count). The number of rotatable bonds is 6. The lowest BCUT2D eigenvalue weighted by Gasteiger charge is -2.08. The van der Waals surface area contributed by atoms with Crippen molar-refractivity contribution in [3.8, 4) is 0 Å². The van der Waals surface area contributed by atoms with Crippen LogP contribution in [-0.4, -0.2) is 27.3 Å². The second-order valence-electron chi connectivity index (χ2n) is 5.58. The molecule has 0 radical (unpaired) electrons. The Morgan fingerprint density at radius 2 is 1.92 bits per heavy atom. The lowest BCUT2D eigenvalue weighted by Crippen LogP contribution is -2.22. The maximum Gasteiger partial charge on any atom is 0.271 e. The maximum atomic E-state index is 11.7. The third kappa shape index (κ3) is 3.92. The first kappa shape index (κ1) is 17.3. The monoisotopic (exact) mass is 351 g/mol. The molecular formula is C18H17N5O3. The summed E-state index contributed by atoms with van der Waals surface area (Å²) in [6.07, 6.45) is 1.59. The molecule has 8 heteroatoms. The van der Waals surface area contributed by atoms with Crippen LogP contribution in [-0.2, 0) is 6.54 Å². The van der Waals surface area contributed by atoms with Crippen LogP contribution in [0, 0.1) is 10.1 Å². The fourth-order valence-corrected chi connectivity index (χ4v) is 2.43. The fourth-order valence-electron chi connectivity index (χ4n) is 2.43. The van der Waals surface area contributed by atoms with Gasteiger partial charge in [-0.3, -0.25) is 19.9 Å². The SMILES string of the molecule is CCNC(=O)c1ccc(NCc2cnc3cc([N+](=O)[O-])ccc3n2)cc1. The number of nitro benzene ring substituents is 1. The largest absolute Gasteiger partial charge is 0.379 e. The summed E-state index contributed by atoms with van der Waals surface area (Å²) >= 11 is 0. The number of carbonyl (C=O) groups is 1. The van der Waals surface area contributed by atoms with Crippen molar-refractivity contribution >= 4 is 28.3 Å². The molecule has 1 amide bonds. The summed E-state index contributed by atoms with van der Waals surface area (Å²) in [5, 5.41) is 16.8. The average molecular weight is 351 g/mol. The number of aromatic nitrogens is 2. The minimum Gasteiger partial charge on any atom is -0.379 e. The average Bonchev–Trinajstić information content (AvgIpc) is 2.66. The van der Waals surface area contributed by atoms with Crippen LogP contribution in [0.5, 0.6) is 0 Å². The van der Waals surface area contributed by atoms with Crippen molar-refractivity contribution in [3.63, 3.8) is 0 Å². The number of nitrogens with one attached hydrogen (secondary N) is 2. The standard InChI is InChI=1S/C18H17N5O3/c1-2-19-18(24)12-3-5-13(6-4-12)20-10-14-11-21-17-9-15(23(25)26)7-8-16(17)22-14/h3-9,11,20H,2,10H2,1H3,(H,19,24). The molecule has 0 fully saturated rings. The van der Waals surface area contributed by atoms with Gasteiger partial charge in [-0.15, -0.1) is 0 Å². The number of fused-ring (bicyclic) bond motifs is 1. The van der Waals surface area contributed by atoms with Gasteiger partial charge in [0.2, 0.25) is 0 Å². The quantitative estimate of drug-likeness (QED) is 0.522. The minimum absolute atomic E-state index is 0.00938. The van der Waals surface area contributed by atoms with Gasteiger partial charge in [-0.25, -0.2) is 4.98 Å². The molecule has 0 bridgehead atoms. The van der Waals surface area contributed by atoms with Crippen molar-refractivity contribution in [1.82, 2.24) is 15.3 Å². The summed E-state index contributed by atoms with van der Waals surface area (Å²) in [4.78, 5) is 30.8. The lowest BCUT2D eigenvalue weighted by atomic mass is 10.2. The number of hydrogen-bond donors (Lipinski definition) is 2. The molecule has 1 aromatic heterocycles. The Bertz CT molecular complexity index is 957. The van der Waals surface area contributed by atoms with Crippen LogP contribution >= 0.6 is 0 Å². The molecule has 0 atom stereocenters. The number of hydrogen-bond acceptors (Lipinski definition) is 6. The molecular weight excluding hydrogens is 334 g/mol. The second kappa shape index (κ2) is 7.56. The van der Waals surface area contributed by atoms with E-state index >= 15 is 0 Å². The van der Waals surface area contributed by atoms with Crippen molar-refractivity contribution in [3.05, 3.63) is 70.0 Å². The number of non-ortho nitro benzene ring substituents is 1. The fraction of sp³-hybridized carbons (Fsp3) is 0.167. The van der Waals surface area contributed by atoms with Crippen molar-refractivity contribution in [1.29, 1.82) is 0 Å². The zero-order chi connectivity index (χ0) is 18.5. The number of amides is 1. The number of anilines is 1. The summed E-state index contributed by atoms with van der Waals surface area (Å²) in [5.41, 5.74) is 3.23. The van der Waals surface area contributed by atoms with Crippen LogP contribution in [0.4, 0.5) is 11.4 Å². The van der Waals surface area contributed by atoms with Gasteiger partial charge < -0.3 is 10.6 Å². The van der Waals surface area contributed by atoms with Crippen molar-refractivity contribution in [2.24, 2.45) is 0 Å². The Morgan fingerprint density at radius 1 is 1.15 bits per heavy atom. The van der Waals surface area contributed by atoms with Crippen molar-refractivity contribution in [2.75, 3.05) is 11.9 Å². The number of nitro groups is 1. The van der Waals surface area contributed by atoms with E-state index in [-0.39, 0.29) is 11.6 Å². The van der Waals surface area contributed by atoms with E-state index in [1.807, 2.05) is 19.1 Å². The van der Waals surface area contributed by atoms with Gasteiger partial charge >= 0.3 is 0 Å². The molecule has 3 aromatic rings. The molecule has 0 aliphatic heterocycles. The Morgan fingerprint density at radius 3 is 2.62 bits per heavy atom. The topological polar surface area (TPSA) is 110 Å². The van der Waals surface area contributed by atoms with Gasteiger partial charge in [0.05, 0.1) is 34.4 Å². The Balaban J connectivity index is 1.68. The number of benzene rings is 2. The van der Waals surface area contributed by atoms with E-state index in [4.69, 9.17) is 0 Å². The summed E-state index contributed by atoms with van der Waals surface area (Å²) in [6, 6.07) is 11.5. The first-order valence-corrected chi connectivity index (χ1v) is 8.09. The normalized spacial score (nSPS) is 10.5. The summed E-state index contributed by atoms with van der Waals surface area (Å²) in [7, 11) is 0. The van der Waals surface area contributed by atoms with Crippen molar-refractivity contribution in [2.45, 2.75) is 13.5 Å². The van der Waals surface area contributed by atoms with Gasteiger partial charge in [-0.05, 0) is 37.3 Å². The predicted molar refractivity (Wildman–Crippen MR) is 98.0 cm³/mol. The summed E-state index contributed by atoms with van der Waals surface area (Å²) in [5.74, 6) is -0.103.